The Bertz CT molecular complexity index is 1370. The minimum Gasteiger partial charge on any atom is -0.497 e. The van der Waals surface area contributed by atoms with Gasteiger partial charge in [0.05, 0.1) is 18.3 Å². The Labute approximate surface area is 182 Å². The van der Waals surface area contributed by atoms with Gasteiger partial charge in [-0.1, -0.05) is 30.3 Å². The van der Waals surface area contributed by atoms with Crippen molar-refractivity contribution in [3.8, 4) is 11.4 Å². The molecule has 4 rings (SSSR count). The number of nitrogens with zero attached hydrogens (tertiary/aromatic N) is 2. The zero-order chi connectivity index (χ0) is 22.0. The molecular weight excluding hydrogens is 414 g/mol. The quantitative estimate of drug-likeness (QED) is 0.505. The fourth-order valence-corrected chi connectivity index (χ4v) is 4.23. The topological polar surface area (TPSA) is 82.3 Å². The average molecular weight is 436 g/mol. The van der Waals surface area contributed by atoms with Crippen LogP contribution in [0.4, 0.5) is 0 Å². The molecule has 0 aliphatic heterocycles. The highest BCUT2D eigenvalue weighted by molar-refractivity contribution is 7.17. The first kappa shape index (κ1) is 20.6. The molecule has 4 aromatic rings. The van der Waals surface area contributed by atoms with Gasteiger partial charge >= 0.3 is 5.69 Å². The minimum absolute atomic E-state index is 0.186. The van der Waals surface area contributed by atoms with Crippen molar-refractivity contribution in [2.24, 2.45) is 0 Å². The number of nitrogens with one attached hydrogen (secondary N) is 1. The number of hydrogen-bond donors (Lipinski definition) is 1. The van der Waals surface area contributed by atoms with E-state index in [2.05, 4.69) is 5.32 Å². The predicted octanol–water partition coefficient (Wildman–Crippen LogP) is 2.85. The van der Waals surface area contributed by atoms with Gasteiger partial charge in [0.25, 0.3) is 5.56 Å². The minimum atomic E-state index is -0.537. The number of hydrogen-bond acceptors (Lipinski definition) is 5. The number of rotatable bonds is 6. The van der Waals surface area contributed by atoms with Crippen molar-refractivity contribution in [1.29, 1.82) is 0 Å². The lowest BCUT2D eigenvalue weighted by Gasteiger charge is -2.14. The monoisotopic (exact) mass is 435 g/mol. The summed E-state index contributed by atoms with van der Waals surface area (Å²) in [6.07, 6.45) is 0. The number of aromatic nitrogens is 2. The Hall–Kier alpha value is -3.65. The predicted molar refractivity (Wildman–Crippen MR) is 121 cm³/mol. The van der Waals surface area contributed by atoms with Crippen LogP contribution in [-0.4, -0.2) is 22.2 Å². The molecule has 0 fully saturated rings. The van der Waals surface area contributed by atoms with Gasteiger partial charge in [0.1, 0.15) is 17.0 Å². The van der Waals surface area contributed by atoms with Crippen LogP contribution in [0.3, 0.4) is 0 Å². The van der Waals surface area contributed by atoms with Gasteiger partial charge in [-0.2, -0.15) is 0 Å². The fraction of sp³-hybridized carbons (Fsp3) is 0.174. The number of amides is 1. The summed E-state index contributed by atoms with van der Waals surface area (Å²) >= 11 is 1.26. The van der Waals surface area contributed by atoms with E-state index in [0.29, 0.717) is 22.4 Å². The molecule has 0 aliphatic rings. The van der Waals surface area contributed by atoms with Crippen molar-refractivity contribution in [2.45, 2.75) is 20.0 Å². The van der Waals surface area contributed by atoms with Crippen molar-refractivity contribution < 1.29 is 9.53 Å². The summed E-state index contributed by atoms with van der Waals surface area (Å²) in [7, 11) is 1.59. The van der Waals surface area contributed by atoms with Crippen LogP contribution in [0.25, 0.3) is 15.9 Å². The average Bonchev–Trinajstić information content (AvgIpc) is 3.27. The lowest BCUT2D eigenvalue weighted by atomic mass is 10.2. The van der Waals surface area contributed by atoms with E-state index < -0.39 is 5.69 Å². The van der Waals surface area contributed by atoms with Gasteiger partial charge in [-0.3, -0.25) is 14.2 Å². The number of benzene rings is 2. The van der Waals surface area contributed by atoms with Crippen LogP contribution in [0.1, 0.15) is 11.1 Å². The fourth-order valence-electron chi connectivity index (χ4n) is 3.41. The highest BCUT2D eigenvalue weighted by Gasteiger charge is 2.18. The summed E-state index contributed by atoms with van der Waals surface area (Å²) in [6, 6.07) is 16.2. The summed E-state index contributed by atoms with van der Waals surface area (Å²) in [5.41, 5.74) is 1.77. The molecule has 2 aromatic carbocycles. The van der Waals surface area contributed by atoms with Crippen LogP contribution in [0.5, 0.6) is 5.75 Å². The third kappa shape index (κ3) is 4.02. The number of methoxy groups -OCH3 is 1. The Morgan fingerprint density at radius 2 is 1.81 bits per heavy atom. The largest absolute Gasteiger partial charge is 0.497 e. The molecule has 0 radical (unpaired) electrons. The highest BCUT2D eigenvalue weighted by atomic mass is 32.1. The van der Waals surface area contributed by atoms with E-state index in [1.165, 1.54) is 15.9 Å². The second kappa shape index (κ2) is 8.61. The second-order valence-corrected chi connectivity index (χ2v) is 7.97. The van der Waals surface area contributed by atoms with Crippen molar-refractivity contribution in [3.05, 3.63) is 91.9 Å². The highest BCUT2D eigenvalue weighted by Crippen LogP contribution is 2.17. The van der Waals surface area contributed by atoms with Crippen LogP contribution in [0, 0.1) is 6.92 Å². The zero-order valence-corrected chi connectivity index (χ0v) is 17.9. The SMILES string of the molecule is COc1ccc(CNC(=O)Cn2c(=O)n(-c3ccccc3C)c(=O)c3sccc32)cc1. The van der Waals surface area contributed by atoms with E-state index in [1.54, 1.807) is 30.7 Å². The van der Waals surface area contributed by atoms with Gasteiger partial charge in [0.15, 0.2) is 0 Å². The number of carbonyl (C=O) groups excluding carboxylic acids is 1. The third-order valence-corrected chi connectivity index (χ3v) is 5.95. The lowest BCUT2D eigenvalue weighted by Crippen LogP contribution is -2.41. The number of thiophene rings is 1. The molecule has 0 saturated carbocycles. The van der Waals surface area contributed by atoms with Crippen molar-refractivity contribution in [1.82, 2.24) is 14.5 Å². The Morgan fingerprint density at radius 1 is 1.06 bits per heavy atom. The second-order valence-electron chi connectivity index (χ2n) is 7.06. The maximum absolute atomic E-state index is 13.3. The molecule has 8 heteroatoms. The molecule has 31 heavy (non-hydrogen) atoms. The number of aryl methyl sites for hydroxylation is 1. The van der Waals surface area contributed by atoms with Crippen LogP contribution in [0.2, 0.25) is 0 Å². The first-order valence-electron chi connectivity index (χ1n) is 9.68. The number of carbonyl (C=O) groups is 1. The maximum atomic E-state index is 13.3. The first-order chi connectivity index (χ1) is 15.0. The van der Waals surface area contributed by atoms with Gasteiger partial charge in [0, 0.05) is 6.54 Å². The molecule has 0 unspecified atom stereocenters. The van der Waals surface area contributed by atoms with E-state index in [0.717, 1.165) is 21.4 Å². The maximum Gasteiger partial charge on any atom is 0.336 e. The van der Waals surface area contributed by atoms with Gasteiger partial charge in [0.2, 0.25) is 5.91 Å². The Morgan fingerprint density at radius 3 is 2.52 bits per heavy atom. The molecule has 158 valence electrons. The molecule has 2 aromatic heterocycles. The van der Waals surface area contributed by atoms with Crippen LogP contribution in [0.15, 0.2) is 69.6 Å². The normalized spacial score (nSPS) is 10.9. The number of para-hydroxylation sites is 1. The van der Waals surface area contributed by atoms with E-state index in [9.17, 15) is 14.4 Å². The molecule has 0 bridgehead atoms. The Balaban J connectivity index is 1.66. The van der Waals surface area contributed by atoms with Gasteiger partial charge < -0.3 is 10.1 Å². The number of fused-ring (bicyclic) bond motifs is 1. The first-order valence-corrected chi connectivity index (χ1v) is 10.6. The molecule has 0 atom stereocenters. The summed E-state index contributed by atoms with van der Waals surface area (Å²) in [4.78, 5) is 38.9. The van der Waals surface area contributed by atoms with Crippen molar-refractivity contribution in [3.63, 3.8) is 0 Å². The van der Waals surface area contributed by atoms with E-state index in [-0.39, 0.29) is 18.0 Å². The number of ether oxygens (including phenoxy) is 1. The smallest absolute Gasteiger partial charge is 0.336 e. The van der Waals surface area contributed by atoms with Crippen molar-refractivity contribution >= 4 is 27.5 Å². The molecule has 0 saturated heterocycles. The summed E-state index contributed by atoms with van der Waals surface area (Å²) < 4.78 is 8.06. The lowest BCUT2D eigenvalue weighted by molar-refractivity contribution is -0.121. The third-order valence-electron chi connectivity index (χ3n) is 5.06. The van der Waals surface area contributed by atoms with Gasteiger partial charge in [-0.05, 0) is 47.7 Å². The molecule has 0 spiro atoms. The summed E-state index contributed by atoms with van der Waals surface area (Å²) in [6.45, 7) is 1.97. The van der Waals surface area contributed by atoms with Crippen LogP contribution >= 0.6 is 11.3 Å². The van der Waals surface area contributed by atoms with E-state index in [4.69, 9.17) is 4.74 Å². The Kier molecular flexibility index (Phi) is 5.73. The summed E-state index contributed by atoms with van der Waals surface area (Å²) in [5.74, 6) is 0.417. The van der Waals surface area contributed by atoms with Gasteiger partial charge in [-0.25, -0.2) is 9.36 Å². The van der Waals surface area contributed by atoms with E-state index >= 15 is 0 Å². The zero-order valence-electron chi connectivity index (χ0n) is 17.1. The molecule has 0 aliphatic carbocycles. The van der Waals surface area contributed by atoms with Gasteiger partial charge in [-0.15, -0.1) is 11.3 Å². The van der Waals surface area contributed by atoms with E-state index in [1.807, 2.05) is 43.3 Å². The van der Waals surface area contributed by atoms with Crippen LogP contribution in [-0.2, 0) is 17.9 Å². The molecule has 1 N–H and O–H groups in total. The summed E-state index contributed by atoms with van der Waals surface area (Å²) in [5, 5.41) is 4.58. The molecule has 2 heterocycles. The molecular formula is C23H21N3O4S. The molecule has 1 amide bonds. The van der Waals surface area contributed by atoms with Crippen LogP contribution < -0.4 is 21.3 Å². The van der Waals surface area contributed by atoms with Crippen molar-refractivity contribution in [2.75, 3.05) is 7.11 Å². The molecule has 7 nitrogen and oxygen atoms in total. The standard InChI is InChI=1S/C23H21N3O4S/c1-15-5-3-4-6-18(15)26-22(28)21-19(11-12-31-21)25(23(26)29)14-20(27)24-13-16-7-9-17(30-2)10-8-16/h3-12H,13-14H2,1-2H3,(H,24,27).